The van der Waals surface area contributed by atoms with Crippen molar-refractivity contribution in [1.82, 2.24) is 4.57 Å². The molecule has 1 aromatic heterocycles. The molecular formula is C18H16ClN3S. The molecule has 0 aliphatic carbocycles. The van der Waals surface area contributed by atoms with Crippen molar-refractivity contribution in [3.63, 3.8) is 0 Å². The van der Waals surface area contributed by atoms with Crippen LogP contribution >= 0.6 is 22.9 Å². The lowest BCUT2D eigenvalue weighted by Gasteiger charge is -2.02. The third-order valence-electron chi connectivity index (χ3n) is 3.49. The van der Waals surface area contributed by atoms with E-state index in [9.17, 15) is 0 Å². The monoisotopic (exact) mass is 341 g/mol. The highest BCUT2D eigenvalue weighted by atomic mass is 35.5. The number of aryl methyl sites for hydroxylation is 1. The molecule has 116 valence electrons. The highest BCUT2D eigenvalue weighted by Crippen LogP contribution is 2.21. The summed E-state index contributed by atoms with van der Waals surface area (Å²) in [5, 5.41) is 11.3. The van der Waals surface area contributed by atoms with E-state index in [1.807, 2.05) is 48.0 Å². The number of benzene rings is 2. The summed E-state index contributed by atoms with van der Waals surface area (Å²) >= 11 is 7.50. The van der Waals surface area contributed by atoms with Crippen LogP contribution in [0, 0.1) is 6.92 Å². The van der Waals surface area contributed by atoms with Crippen LogP contribution in [-0.2, 0) is 7.05 Å². The van der Waals surface area contributed by atoms with Gasteiger partial charge in [0.1, 0.15) is 0 Å². The van der Waals surface area contributed by atoms with Crippen LogP contribution in [0.15, 0.2) is 64.1 Å². The summed E-state index contributed by atoms with van der Waals surface area (Å²) in [4.78, 5) is 0.846. The Labute approximate surface area is 144 Å². The summed E-state index contributed by atoms with van der Waals surface area (Å²) in [6, 6.07) is 16.0. The zero-order valence-corrected chi connectivity index (χ0v) is 14.5. The van der Waals surface area contributed by atoms with Gasteiger partial charge in [-0.3, -0.25) is 0 Å². The van der Waals surface area contributed by atoms with Crippen LogP contribution in [0.25, 0.3) is 11.3 Å². The van der Waals surface area contributed by atoms with Crippen LogP contribution in [0.4, 0.5) is 0 Å². The van der Waals surface area contributed by atoms with Gasteiger partial charge in [0.05, 0.1) is 11.9 Å². The molecule has 0 atom stereocenters. The molecule has 23 heavy (non-hydrogen) atoms. The van der Waals surface area contributed by atoms with Crippen molar-refractivity contribution in [1.29, 1.82) is 0 Å². The van der Waals surface area contributed by atoms with Crippen LogP contribution in [0.2, 0.25) is 5.02 Å². The van der Waals surface area contributed by atoms with Gasteiger partial charge in [-0.15, -0.1) is 16.4 Å². The van der Waals surface area contributed by atoms with Gasteiger partial charge in [-0.2, -0.15) is 5.10 Å². The van der Waals surface area contributed by atoms with Crippen LogP contribution in [-0.4, -0.2) is 10.8 Å². The van der Waals surface area contributed by atoms with E-state index in [0.717, 1.165) is 26.6 Å². The van der Waals surface area contributed by atoms with Crippen LogP contribution in [0.5, 0.6) is 0 Å². The number of nitrogens with zero attached hydrogens (tertiary/aromatic N) is 3. The van der Waals surface area contributed by atoms with Crippen molar-refractivity contribution < 1.29 is 0 Å². The van der Waals surface area contributed by atoms with Crippen LogP contribution in [0.3, 0.4) is 0 Å². The molecule has 5 heteroatoms. The average Bonchev–Trinajstić information content (AvgIpc) is 2.91. The van der Waals surface area contributed by atoms with E-state index in [0.29, 0.717) is 0 Å². The second-order valence-corrected chi connectivity index (χ2v) is 6.50. The van der Waals surface area contributed by atoms with E-state index in [-0.39, 0.29) is 0 Å². The van der Waals surface area contributed by atoms with Crippen molar-refractivity contribution in [3.05, 3.63) is 74.9 Å². The smallest absolute Gasteiger partial charge is 0.210 e. The Bertz CT molecular complexity index is 887. The Hall–Kier alpha value is -2.17. The molecule has 0 radical (unpaired) electrons. The minimum Gasteiger partial charge on any atom is -0.318 e. The van der Waals surface area contributed by atoms with Gasteiger partial charge < -0.3 is 4.57 Å². The van der Waals surface area contributed by atoms with Gasteiger partial charge in [0.15, 0.2) is 0 Å². The number of hydrogen-bond acceptors (Lipinski definition) is 3. The maximum absolute atomic E-state index is 5.94. The highest BCUT2D eigenvalue weighted by molar-refractivity contribution is 7.07. The summed E-state index contributed by atoms with van der Waals surface area (Å²) < 4.78 is 2.03. The number of thiazole rings is 1. The molecule has 0 fully saturated rings. The molecule has 0 saturated heterocycles. The molecular weight excluding hydrogens is 326 g/mol. The maximum atomic E-state index is 5.94. The quantitative estimate of drug-likeness (QED) is 0.490. The first kappa shape index (κ1) is 15.7. The number of hydrogen-bond donors (Lipinski definition) is 0. The van der Waals surface area contributed by atoms with Gasteiger partial charge in [0, 0.05) is 17.5 Å². The zero-order valence-electron chi connectivity index (χ0n) is 12.9. The Kier molecular flexibility index (Phi) is 4.74. The zero-order chi connectivity index (χ0) is 16.2. The average molecular weight is 342 g/mol. The summed E-state index contributed by atoms with van der Waals surface area (Å²) in [6.07, 6.45) is 1.77. The molecule has 0 saturated carbocycles. The van der Waals surface area contributed by atoms with Gasteiger partial charge in [0.2, 0.25) is 4.80 Å². The molecule has 3 aromatic rings. The largest absolute Gasteiger partial charge is 0.318 e. The first-order valence-electron chi connectivity index (χ1n) is 7.18. The van der Waals surface area contributed by atoms with Crippen molar-refractivity contribution in [2.24, 2.45) is 17.3 Å². The minimum atomic E-state index is 0.735. The molecule has 0 bridgehead atoms. The first-order valence-corrected chi connectivity index (χ1v) is 8.43. The first-order chi connectivity index (χ1) is 11.1. The van der Waals surface area contributed by atoms with Gasteiger partial charge in [-0.25, -0.2) is 0 Å². The molecule has 1 heterocycles. The fourth-order valence-electron chi connectivity index (χ4n) is 2.14. The van der Waals surface area contributed by atoms with E-state index in [2.05, 4.69) is 34.6 Å². The molecule has 0 aliphatic heterocycles. The fraction of sp³-hybridized carbons (Fsp3) is 0.111. The lowest BCUT2D eigenvalue weighted by Crippen LogP contribution is -2.10. The van der Waals surface area contributed by atoms with E-state index in [4.69, 9.17) is 11.6 Å². The van der Waals surface area contributed by atoms with E-state index >= 15 is 0 Å². The van der Waals surface area contributed by atoms with E-state index < -0.39 is 0 Å². The van der Waals surface area contributed by atoms with E-state index in [1.54, 1.807) is 17.6 Å². The van der Waals surface area contributed by atoms with Crippen molar-refractivity contribution in [3.8, 4) is 11.3 Å². The molecule has 0 aliphatic rings. The molecule has 0 unspecified atom stereocenters. The van der Waals surface area contributed by atoms with Gasteiger partial charge in [-0.1, -0.05) is 53.6 Å². The standard InChI is InChI=1S/C18H16ClN3S/c1-13-3-5-14(6-4-13)11-20-21-18-22(2)17(12-23-18)15-7-9-16(19)10-8-15/h3-12H,1-2H3/b20-11+,21-18+. The Morgan fingerprint density at radius 2 is 1.74 bits per heavy atom. The Morgan fingerprint density at radius 1 is 1.04 bits per heavy atom. The van der Waals surface area contributed by atoms with E-state index in [1.165, 1.54) is 5.56 Å². The molecule has 0 spiro atoms. The summed E-state index contributed by atoms with van der Waals surface area (Å²) in [6.45, 7) is 2.06. The third-order valence-corrected chi connectivity index (χ3v) is 4.65. The second kappa shape index (κ2) is 6.94. The Balaban J connectivity index is 1.86. The summed E-state index contributed by atoms with van der Waals surface area (Å²) in [5.74, 6) is 0. The second-order valence-electron chi connectivity index (χ2n) is 5.22. The lowest BCUT2D eigenvalue weighted by molar-refractivity contribution is 0.864. The Morgan fingerprint density at radius 3 is 2.43 bits per heavy atom. The third kappa shape index (κ3) is 3.78. The van der Waals surface area contributed by atoms with Crippen LogP contribution < -0.4 is 4.80 Å². The van der Waals surface area contributed by atoms with Crippen molar-refractivity contribution in [2.45, 2.75) is 6.92 Å². The molecule has 0 amide bonds. The molecule has 0 N–H and O–H groups in total. The number of halogens is 1. The normalized spacial score (nSPS) is 12.2. The predicted octanol–water partition coefficient (Wildman–Crippen LogP) is 4.65. The van der Waals surface area contributed by atoms with Gasteiger partial charge in [-0.05, 0) is 30.2 Å². The number of aromatic nitrogens is 1. The topological polar surface area (TPSA) is 29.6 Å². The maximum Gasteiger partial charge on any atom is 0.210 e. The van der Waals surface area contributed by atoms with Crippen LogP contribution in [0.1, 0.15) is 11.1 Å². The number of rotatable bonds is 3. The van der Waals surface area contributed by atoms with Crippen molar-refractivity contribution >= 4 is 29.2 Å². The fourth-order valence-corrected chi connectivity index (χ4v) is 3.13. The summed E-state index contributed by atoms with van der Waals surface area (Å²) in [7, 11) is 1.99. The highest BCUT2D eigenvalue weighted by Gasteiger charge is 2.04. The predicted molar refractivity (Wildman–Crippen MR) is 98.1 cm³/mol. The SMILES string of the molecule is Cc1ccc(/C=N/N=c2/scc(-c3ccc(Cl)cc3)n2C)cc1. The molecule has 3 rings (SSSR count). The van der Waals surface area contributed by atoms with Gasteiger partial charge in [0.25, 0.3) is 0 Å². The van der Waals surface area contributed by atoms with Gasteiger partial charge >= 0.3 is 0 Å². The molecule has 2 aromatic carbocycles. The molecule has 3 nitrogen and oxygen atoms in total. The minimum absolute atomic E-state index is 0.735. The van der Waals surface area contributed by atoms with Crippen molar-refractivity contribution in [2.75, 3.05) is 0 Å². The lowest BCUT2D eigenvalue weighted by atomic mass is 10.2. The summed E-state index contributed by atoms with van der Waals surface area (Å²) in [5.41, 5.74) is 4.47.